The number of hydroxylamine groups is 1. The molecule has 1 aromatic rings. The van der Waals surface area contributed by atoms with Gasteiger partial charge in [-0.1, -0.05) is 0 Å². The molecule has 1 atom stereocenters. The molecule has 0 spiro atoms. The fourth-order valence-electron chi connectivity index (χ4n) is 1.62. The number of nitrogens with zero attached hydrogens (tertiary/aromatic N) is 1. The Morgan fingerprint density at radius 1 is 1.45 bits per heavy atom. The highest BCUT2D eigenvalue weighted by molar-refractivity contribution is 5.98. The van der Waals surface area contributed by atoms with Crippen molar-refractivity contribution in [2.75, 3.05) is 6.61 Å². The molecule has 0 bridgehead atoms. The number of hydrogen-bond acceptors (Lipinski definition) is 4. The van der Waals surface area contributed by atoms with E-state index < -0.39 is 29.5 Å². The van der Waals surface area contributed by atoms with Gasteiger partial charge in [0.1, 0.15) is 12.4 Å². The predicted molar refractivity (Wildman–Crippen MR) is 57.6 cm³/mol. The van der Waals surface area contributed by atoms with E-state index >= 15 is 0 Å². The molecule has 108 valence electrons. The normalized spacial score (nSPS) is 18.4. The van der Waals surface area contributed by atoms with Crippen LogP contribution in [0.3, 0.4) is 0 Å². The van der Waals surface area contributed by atoms with Crippen molar-refractivity contribution in [3.05, 3.63) is 35.1 Å². The van der Waals surface area contributed by atoms with E-state index in [-0.39, 0.29) is 18.1 Å². The number of rotatable bonds is 2. The van der Waals surface area contributed by atoms with Crippen molar-refractivity contribution < 1.29 is 32.3 Å². The second-order valence-corrected chi connectivity index (χ2v) is 3.93. The van der Waals surface area contributed by atoms with Gasteiger partial charge < -0.3 is 4.74 Å². The molecule has 1 aliphatic heterocycles. The van der Waals surface area contributed by atoms with E-state index in [1.807, 2.05) is 0 Å². The lowest BCUT2D eigenvalue weighted by molar-refractivity contribution is -0.140. The number of benzene rings is 1. The summed E-state index contributed by atoms with van der Waals surface area (Å²) in [5.74, 6) is -2.48. The molecular formula is C11H8F4N2O3. The first-order valence-electron chi connectivity index (χ1n) is 5.34. The minimum atomic E-state index is -4.85. The molecule has 0 radical (unpaired) electrons. The minimum absolute atomic E-state index is 0.105. The number of hydrogen-bond donors (Lipinski definition) is 2. The molecule has 9 heteroatoms. The molecule has 0 aromatic heterocycles. The van der Waals surface area contributed by atoms with Crippen molar-refractivity contribution in [1.29, 1.82) is 0 Å². The van der Waals surface area contributed by atoms with E-state index in [1.165, 1.54) is 5.48 Å². The molecule has 1 heterocycles. The zero-order valence-corrected chi connectivity index (χ0v) is 9.74. The number of alkyl halides is 3. The maximum Gasteiger partial charge on any atom is 0.419 e. The fraction of sp³-hybridized carbons (Fsp3) is 0.273. The Kier molecular flexibility index (Phi) is 3.62. The SMILES string of the molecule is O=C(NO)C1COC(c2ccc(F)c(C(F)(F)F)c2)=N1. The van der Waals surface area contributed by atoms with Crippen LogP contribution in [-0.2, 0) is 15.7 Å². The van der Waals surface area contributed by atoms with Gasteiger partial charge in [0.05, 0.1) is 5.56 Å². The van der Waals surface area contributed by atoms with Crippen LogP contribution in [0.1, 0.15) is 11.1 Å². The number of halogens is 4. The van der Waals surface area contributed by atoms with Crippen molar-refractivity contribution in [2.24, 2.45) is 4.99 Å². The first-order valence-corrected chi connectivity index (χ1v) is 5.34. The van der Waals surface area contributed by atoms with Crippen LogP contribution in [0.2, 0.25) is 0 Å². The predicted octanol–water partition coefficient (Wildman–Crippen LogP) is 1.50. The summed E-state index contributed by atoms with van der Waals surface area (Å²) in [5, 5.41) is 8.42. The molecule has 2 N–H and O–H groups in total. The summed E-state index contributed by atoms with van der Waals surface area (Å²) >= 11 is 0. The quantitative estimate of drug-likeness (QED) is 0.493. The van der Waals surface area contributed by atoms with E-state index in [2.05, 4.69) is 4.99 Å². The second kappa shape index (κ2) is 5.08. The first-order chi connectivity index (χ1) is 9.32. The third-order valence-corrected chi connectivity index (χ3v) is 2.58. The van der Waals surface area contributed by atoms with Crippen LogP contribution in [0.25, 0.3) is 0 Å². The van der Waals surface area contributed by atoms with E-state index in [0.29, 0.717) is 12.1 Å². The van der Waals surface area contributed by atoms with Crippen molar-refractivity contribution in [2.45, 2.75) is 12.2 Å². The Balaban J connectivity index is 2.33. The van der Waals surface area contributed by atoms with E-state index in [1.54, 1.807) is 0 Å². The number of aliphatic imine (C=N–C) groups is 1. The lowest BCUT2D eigenvalue weighted by Crippen LogP contribution is -2.31. The monoisotopic (exact) mass is 292 g/mol. The minimum Gasteiger partial charge on any atom is -0.475 e. The standard InChI is InChI=1S/C11H8F4N2O3/c12-7-2-1-5(3-6(7)11(13,14)15)10-16-8(4-20-10)9(18)17-19/h1-3,8,19H,4H2,(H,17,18). The molecular weight excluding hydrogens is 284 g/mol. The van der Waals surface area contributed by atoms with Gasteiger partial charge in [0, 0.05) is 5.56 Å². The van der Waals surface area contributed by atoms with Gasteiger partial charge in [0.2, 0.25) is 5.90 Å². The molecule has 0 saturated heterocycles. The summed E-state index contributed by atoms with van der Waals surface area (Å²) in [6.07, 6.45) is -4.85. The molecule has 1 amide bonds. The average molecular weight is 292 g/mol. The van der Waals surface area contributed by atoms with Gasteiger partial charge in [-0.25, -0.2) is 14.9 Å². The maximum atomic E-state index is 13.1. The van der Waals surface area contributed by atoms with E-state index in [9.17, 15) is 22.4 Å². The lowest BCUT2D eigenvalue weighted by Gasteiger charge is -2.09. The Morgan fingerprint density at radius 2 is 2.15 bits per heavy atom. The zero-order valence-electron chi connectivity index (χ0n) is 9.74. The number of nitrogens with one attached hydrogen (secondary N) is 1. The third-order valence-electron chi connectivity index (χ3n) is 2.58. The topological polar surface area (TPSA) is 70.9 Å². The summed E-state index contributed by atoms with van der Waals surface area (Å²) < 4.78 is 55.8. The molecule has 1 unspecified atom stereocenters. The van der Waals surface area contributed by atoms with Crippen LogP contribution in [-0.4, -0.2) is 29.7 Å². The Hall–Kier alpha value is -2.16. The summed E-state index contributed by atoms with van der Waals surface area (Å²) in [7, 11) is 0. The van der Waals surface area contributed by atoms with Gasteiger partial charge in [-0.05, 0) is 18.2 Å². The van der Waals surface area contributed by atoms with Gasteiger partial charge in [-0.15, -0.1) is 0 Å². The van der Waals surface area contributed by atoms with Crippen LogP contribution in [0, 0.1) is 5.82 Å². The Morgan fingerprint density at radius 3 is 2.75 bits per heavy atom. The van der Waals surface area contributed by atoms with Crippen molar-refractivity contribution >= 4 is 11.8 Å². The largest absolute Gasteiger partial charge is 0.475 e. The van der Waals surface area contributed by atoms with Crippen LogP contribution < -0.4 is 5.48 Å². The number of carbonyl (C=O) groups is 1. The smallest absolute Gasteiger partial charge is 0.419 e. The third kappa shape index (κ3) is 2.72. The lowest BCUT2D eigenvalue weighted by atomic mass is 10.1. The Labute approximate surface area is 109 Å². The number of carbonyl (C=O) groups excluding carboxylic acids is 1. The molecule has 1 aliphatic rings. The van der Waals surface area contributed by atoms with Crippen molar-refractivity contribution in [3.8, 4) is 0 Å². The second-order valence-electron chi connectivity index (χ2n) is 3.93. The van der Waals surface area contributed by atoms with Crippen molar-refractivity contribution in [1.82, 2.24) is 5.48 Å². The zero-order chi connectivity index (χ0) is 14.9. The first kappa shape index (κ1) is 14.3. The van der Waals surface area contributed by atoms with Gasteiger partial charge in [0.15, 0.2) is 6.04 Å². The van der Waals surface area contributed by atoms with Gasteiger partial charge >= 0.3 is 6.18 Å². The average Bonchev–Trinajstić information content (AvgIpc) is 2.86. The summed E-state index contributed by atoms with van der Waals surface area (Å²) in [6, 6.07) is 1.19. The fourth-order valence-corrected chi connectivity index (χ4v) is 1.62. The van der Waals surface area contributed by atoms with Crippen LogP contribution >= 0.6 is 0 Å². The maximum absolute atomic E-state index is 13.1. The summed E-state index contributed by atoms with van der Waals surface area (Å²) in [4.78, 5) is 14.8. The van der Waals surface area contributed by atoms with Crippen molar-refractivity contribution in [3.63, 3.8) is 0 Å². The molecule has 1 aromatic carbocycles. The summed E-state index contributed by atoms with van der Waals surface area (Å²) in [6.45, 7) is -0.222. The van der Waals surface area contributed by atoms with Crippen LogP contribution in [0.15, 0.2) is 23.2 Å². The van der Waals surface area contributed by atoms with Crippen LogP contribution in [0.5, 0.6) is 0 Å². The summed E-state index contributed by atoms with van der Waals surface area (Å²) in [5.41, 5.74) is -0.195. The molecule has 0 aliphatic carbocycles. The molecule has 2 rings (SSSR count). The highest BCUT2D eigenvalue weighted by Gasteiger charge is 2.35. The number of amides is 1. The van der Waals surface area contributed by atoms with Gasteiger partial charge in [0.25, 0.3) is 5.91 Å². The van der Waals surface area contributed by atoms with E-state index in [0.717, 1.165) is 6.07 Å². The van der Waals surface area contributed by atoms with Crippen LogP contribution in [0.4, 0.5) is 17.6 Å². The molecule has 5 nitrogen and oxygen atoms in total. The molecule has 20 heavy (non-hydrogen) atoms. The molecule has 0 fully saturated rings. The highest BCUT2D eigenvalue weighted by atomic mass is 19.4. The number of ether oxygens (including phenoxy) is 1. The highest BCUT2D eigenvalue weighted by Crippen LogP contribution is 2.32. The van der Waals surface area contributed by atoms with E-state index in [4.69, 9.17) is 9.94 Å². The molecule has 0 saturated carbocycles. The van der Waals surface area contributed by atoms with Gasteiger partial charge in [-0.3, -0.25) is 10.0 Å². The van der Waals surface area contributed by atoms with Gasteiger partial charge in [-0.2, -0.15) is 13.2 Å². The Bertz CT molecular complexity index is 571.